The summed E-state index contributed by atoms with van der Waals surface area (Å²) in [6, 6.07) is -7.26. The van der Waals surface area contributed by atoms with Gasteiger partial charge in [-0.2, -0.15) is 0 Å². The van der Waals surface area contributed by atoms with Gasteiger partial charge in [0.2, 0.25) is 59.1 Å². The molecular weight excluding hydrogens is 1160 g/mol. The van der Waals surface area contributed by atoms with Crippen molar-refractivity contribution in [3.05, 3.63) is 29.8 Å². The smallest absolute Gasteiger partial charge is 0.326 e. The number of benzene rings is 1. The van der Waals surface area contributed by atoms with E-state index in [1.807, 2.05) is 0 Å². The van der Waals surface area contributed by atoms with Crippen LogP contribution < -0.4 is 93.7 Å². The van der Waals surface area contributed by atoms with E-state index in [4.69, 9.17) is 51.0 Å². The highest BCUT2D eigenvalue weighted by molar-refractivity contribution is 5.98. The quantitative estimate of drug-likeness (QED) is 0.0164. The fourth-order valence-electron chi connectivity index (χ4n) is 8.28. The van der Waals surface area contributed by atoms with E-state index in [-0.39, 0.29) is 108 Å². The minimum absolute atomic E-state index is 0.00695. The number of primary amides is 1. The third-order valence-electron chi connectivity index (χ3n) is 13.1. The average Bonchev–Trinajstić information content (AvgIpc) is 2.53. The summed E-state index contributed by atoms with van der Waals surface area (Å²) in [6.45, 7) is 2.19. The molecule has 1 aromatic rings. The maximum atomic E-state index is 14.1. The van der Waals surface area contributed by atoms with E-state index in [2.05, 4.69) is 57.8 Å². The Morgan fingerprint density at radius 1 is 0.500 bits per heavy atom. The number of nitrogens with two attached hydrogens (primary N) is 8. The first-order chi connectivity index (χ1) is 41.5. The van der Waals surface area contributed by atoms with Gasteiger partial charge in [-0.05, 0) is 114 Å². The lowest BCUT2D eigenvalue weighted by Gasteiger charge is -2.27. The standard InChI is InChI=1S/C53H91N19O16/c1-28(2)42(50(86)69-36(17-18-39(57)75)48(84)67-34(10-4-6-21-55)46(82)70-37(51(87)88)26-41(77)78)72-40(76)19-24-62-44(80)32(11-7-22-63-52(58)59)66-45(81)33(9-3-5-20-54)68-49(85)38(27-73)71-47(83)35(12-8-23-64-53(60)61)65-43(79)31(56)25-29-13-15-30(74)16-14-29/h13-16,28,31-38,42,73-74H,3-12,17-27,54-56H2,1-2H3,(H2,57,75)(H,62,80)(H,65,79)(H,66,81)(H,67,84)(H,68,85)(H,69,86)(H,70,82)(H,71,83)(H,72,76)(H,77,78)(H,87,88)(H4,58,59,63)(H4,60,61,64)/t31-,32+,33+,34+,35+,36+,37+,38+,42+/m1/s1. The minimum atomic E-state index is -1.87. The van der Waals surface area contributed by atoms with Crippen molar-refractivity contribution in [1.82, 2.24) is 47.9 Å². The third kappa shape index (κ3) is 32.0. The van der Waals surface area contributed by atoms with Crippen molar-refractivity contribution in [2.45, 2.75) is 165 Å². The minimum Gasteiger partial charge on any atom is -0.508 e. The molecule has 0 spiro atoms. The maximum absolute atomic E-state index is 14.1. The molecule has 0 unspecified atom stereocenters. The van der Waals surface area contributed by atoms with Gasteiger partial charge in [-0.25, -0.2) is 4.79 Å². The van der Waals surface area contributed by atoms with Crippen molar-refractivity contribution < 1.29 is 78.0 Å². The fraction of sp³-hybridized carbons (Fsp3) is 0.623. The zero-order valence-electron chi connectivity index (χ0n) is 49.6. The molecule has 0 aliphatic carbocycles. The van der Waals surface area contributed by atoms with E-state index in [0.29, 0.717) is 18.4 Å². The molecule has 0 saturated carbocycles. The number of guanidine groups is 2. The number of aliphatic imine (C=N–C) groups is 2. The van der Waals surface area contributed by atoms with Gasteiger partial charge in [-0.1, -0.05) is 26.0 Å². The maximum Gasteiger partial charge on any atom is 0.326 e. The fourth-order valence-corrected chi connectivity index (χ4v) is 8.28. The van der Waals surface area contributed by atoms with Crippen molar-refractivity contribution in [2.24, 2.45) is 61.8 Å². The highest BCUT2D eigenvalue weighted by atomic mass is 16.4. The van der Waals surface area contributed by atoms with Crippen LogP contribution in [-0.2, 0) is 64.0 Å². The van der Waals surface area contributed by atoms with Crippen LogP contribution in [0.3, 0.4) is 0 Å². The van der Waals surface area contributed by atoms with Gasteiger partial charge in [0.25, 0.3) is 0 Å². The lowest BCUT2D eigenvalue weighted by atomic mass is 10.0. The Hall–Kier alpha value is -8.96. The number of carboxylic acids is 2. The monoisotopic (exact) mass is 1250 g/mol. The number of nitrogens with one attached hydrogen (secondary N) is 9. The predicted octanol–water partition coefficient (Wildman–Crippen LogP) is -7.51. The zero-order chi connectivity index (χ0) is 66.5. The largest absolute Gasteiger partial charge is 0.508 e. The first kappa shape index (κ1) is 77.1. The molecule has 0 heterocycles. The second-order valence-electron chi connectivity index (χ2n) is 20.8. The second-order valence-corrected chi connectivity index (χ2v) is 20.8. The number of hydrogen-bond donors (Lipinski definition) is 21. The number of carboxylic acid groups (broad SMARTS) is 2. The van der Waals surface area contributed by atoms with E-state index >= 15 is 0 Å². The Kier molecular flexibility index (Phi) is 36.8. The number of phenols is 1. The van der Waals surface area contributed by atoms with Gasteiger partial charge in [0.15, 0.2) is 11.9 Å². The Bertz CT molecular complexity index is 2530. The summed E-state index contributed by atoms with van der Waals surface area (Å²) in [5.74, 6) is -13.4. The van der Waals surface area contributed by atoms with Crippen molar-refractivity contribution >= 4 is 82.9 Å². The number of nitrogens with zero attached hydrogens (tertiary/aromatic N) is 2. The molecule has 1 rings (SSSR count). The molecule has 35 nitrogen and oxygen atoms in total. The van der Waals surface area contributed by atoms with Crippen LogP contribution in [0, 0.1) is 5.92 Å². The molecule has 10 amide bonds. The van der Waals surface area contributed by atoms with Crippen LogP contribution in [-0.4, -0.2) is 197 Å². The topological polar surface area (TPSA) is 627 Å². The van der Waals surface area contributed by atoms with Crippen molar-refractivity contribution in [2.75, 3.05) is 39.3 Å². The molecule has 9 atom stereocenters. The van der Waals surface area contributed by atoms with Crippen LogP contribution >= 0.6 is 0 Å². The number of carbonyl (C=O) groups is 12. The van der Waals surface area contributed by atoms with Gasteiger partial charge < -0.3 is 114 Å². The molecule has 29 N–H and O–H groups in total. The van der Waals surface area contributed by atoms with Gasteiger partial charge >= 0.3 is 11.9 Å². The van der Waals surface area contributed by atoms with Gasteiger partial charge in [0.05, 0.1) is 19.1 Å². The average molecular weight is 1250 g/mol. The Balaban J connectivity index is 3.32. The molecule has 88 heavy (non-hydrogen) atoms. The van der Waals surface area contributed by atoms with E-state index in [0.717, 1.165) is 0 Å². The lowest BCUT2D eigenvalue weighted by Crippen LogP contribution is -2.59. The van der Waals surface area contributed by atoms with Crippen LogP contribution in [0.4, 0.5) is 0 Å². The lowest BCUT2D eigenvalue weighted by molar-refractivity contribution is -0.147. The zero-order valence-corrected chi connectivity index (χ0v) is 49.6. The third-order valence-corrected chi connectivity index (χ3v) is 13.1. The van der Waals surface area contributed by atoms with Gasteiger partial charge in [0.1, 0.15) is 54.1 Å². The summed E-state index contributed by atoms with van der Waals surface area (Å²) >= 11 is 0. The molecular formula is C53H91N19O16. The van der Waals surface area contributed by atoms with Crippen LogP contribution in [0.15, 0.2) is 34.3 Å². The number of aliphatic hydroxyl groups excluding tert-OH is 1. The van der Waals surface area contributed by atoms with Crippen molar-refractivity contribution in [1.29, 1.82) is 0 Å². The highest BCUT2D eigenvalue weighted by Gasteiger charge is 2.35. The molecule has 0 aliphatic heterocycles. The number of unbranched alkanes of at least 4 members (excludes halogenated alkanes) is 2. The van der Waals surface area contributed by atoms with Gasteiger partial charge in [-0.3, -0.25) is 62.7 Å². The number of amides is 10. The number of hydrogen-bond acceptors (Lipinski definition) is 19. The normalized spacial score (nSPS) is 14.0. The van der Waals surface area contributed by atoms with Gasteiger partial charge in [-0.15, -0.1) is 0 Å². The van der Waals surface area contributed by atoms with E-state index < -0.39 is 164 Å². The summed E-state index contributed by atoms with van der Waals surface area (Å²) in [4.78, 5) is 166. The molecule has 494 valence electrons. The molecule has 0 bridgehead atoms. The van der Waals surface area contributed by atoms with Crippen molar-refractivity contribution in [3.63, 3.8) is 0 Å². The van der Waals surface area contributed by atoms with E-state index in [9.17, 15) is 72.9 Å². The summed E-state index contributed by atoms with van der Waals surface area (Å²) in [5.41, 5.74) is 45.2. The summed E-state index contributed by atoms with van der Waals surface area (Å²) in [5, 5.41) is 60.7. The number of rotatable bonds is 45. The summed E-state index contributed by atoms with van der Waals surface area (Å²) in [6.07, 6.45) is -1.02. The number of carbonyl (C=O) groups excluding carboxylic acids is 10. The first-order valence-corrected chi connectivity index (χ1v) is 28.6. The van der Waals surface area contributed by atoms with E-state index in [1.54, 1.807) is 26.0 Å². The molecule has 1 aromatic carbocycles. The molecule has 0 radical (unpaired) electrons. The Labute approximate surface area is 508 Å². The molecule has 0 saturated heterocycles. The number of phenolic OH excluding ortho intramolecular Hbond substituents is 1. The second kappa shape index (κ2) is 42.0. The van der Waals surface area contributed by atoms with Crippen LogP contribution in [0.5, 0.6) is 5.75 Å². The van der Waals surface area contributed by atoms with E-state index in [1.165, 1.54) is 12.1 Å². The summed E-state index contributed by atoms with van der Waals surface area (Å²) in [7, 11) is 0. The van der Waals surface area contributed by atoms with Crippen molar-refractivity contribution in [3.8, 4) is 5.75 Å². The highest BCUT2D eigenvalue weighted by Crippen LogP contribution is 2.13. The van der Waals surface area contributed by atoms with Gasteiger partial charge in [0, 0.05) is 32.5 Å². The van der Waals surface area contributed by atoms with Crippen LogP contribution in [0.25, 0.3) is 0 Å². The number of aromatic hydroxyl groups is 1. The van der Waals surface area contributed by atoms with Crippen LogP contribution in [0.2, 0.25) is 0 Å². The molecule has 0 aromatic heterocycles. The predicted molar refractivity (Wildman–Crippen MR) is 319 cm³/mol. The first-order valence-electron chi connectivity index (χ1n) is 28.6. The Morgan fingerprint density at radius 3 is 1.33 bits per heavy atom. The Morgan fingerprint density at radius 2 is 0.909 bits per heavy atom. The molecule has 35 heteroatoms. The SMILES string of the molecule is CC(C)[C@H](NC(=O)CCNC(=O)[C@H](CCCN=C(N)N)NC(=O)[C@H](CCCCN)NC(=O)[C@H](CO)NC(=O)[C@H](CCCN=C(N)N)NC(=O)[C@H](N)Cc1ccc(O)cc1)C(=O)N[C@@H](CCC(N)=O)C(=O)N[C@@H](CCCCN)C(=O)N[C@@H](CC(=O)O)C(=O)O. The molecule has 0 aliphatic rings. The number of aliphatic carboxylic acids is 2. The molecule has 0 fully saturated rings. The number of aliphatic hydroxyl groups is 1. The summed E-state index contributed by atoms with van der Waals surface area (Å²) < 4.78 is 0. The van der Waals surface area contributed by atoms with Crippen LogP contribution in [0.1, 0.15) is 109 Å².